The Balaban J connectivity index is 2.64. The van der Waals surface area contributed by atoms with E-state index in [2.05, 4.69) is 30.1 Å². The first kappa shape index (κ1) is 12.0. The number of carbonyl (C=O) groups is 1. The van der Waals surface area contributed by atoms with Crippen molar-refractivity contribution < 1.29 is 4.79 Å². The van der Waals surface area contributed by atoms with E-state index in [0.29, 0.717) is 6.42 Å². The SMILES string of the molecule is CCC(=O)N=c1sc2cc(CC)ccc2n1C. The van der Waals surface area contributed by atoms with E-state index in [1.807, 2.05) is 18.5 Å². The Kier molecular flexibility index (Phi) is 3.43. The lowest BCUT2D eigenvalue weighted by Crippen LogP contribution is -2.12. The van der Waals surface area contributed by atoms with Crippen LogP contribution in [0.4, 0.5) is 0 Å². The third-order valence-electron chi connectivity index (χ3n) is 2.80. The highest BCUT2D eigenvalue weighted by atomic mass is 32.1. The fourth-order valence-corrected chi connectivity index (χ4v) is 2.79. The molecule has 4 heteroatoms. The summed E-state index contributed by atoms with van der Waals surface area (Å²) in [6.07, 6.45) is 1.48. The molecule has 0 atom stereocenters. The van der Waals surface area contributed by atoms with Crippen LogP contribution < -0.4 is 4.80 Å². The number of benzene rings is 1. The van der Waals surface area contributed by atoms with Crippen molar-refractivity contribution >= 4 is 27.5 Å². The molecule has 1 heterocycles. The minimum absolute atomic E-state index is 0.0668. The fraction of sp³-hybridized carbons (Fsp3) is 0.385. The molecule has 0 spiro atoms. The monoisotopic (exact) mass is 248 g/mol. The van der Waals surface area contributed by atoms with Crippen LogP contribution in [-0.2, 0) is 18.3 Å². The highest BCUT2D eigenvalue weighted by Crippen LogP contribution is 2.18. The molecule has 2 aromatic rings. The molecule has 0 radical (unpaired) electrons. The highest BCUT2D eigenvalue weighted by molar-refractivity contribution is 7.16. The van der Waals surface area contributed by atoms with Gasteiger partial charge in [0, 0.05) is 13.5 Å². The van der Waals surface area contributed by atoms with Crippen LogP contribution in [-0.4, -0.2) is 10.5 Å². The van der Waals surface area contributed by atoms with Crippen molar-refractivity contribution in [2.45, 2.75) is 26.7 Å². The van der Waals surface area contributed by atoms with E-state index in [-0.39, 0.29) is 5.91 Å². The van der Waals surface area contributed by atoms with E-state index in [9.17, 15) is 4.79 Å². The van der Waals surface area contributed by atoms with Gasteiger partial charge in [0.15, 0.2) is 4.80 Å². The zero-order valence-corrected chi connectivity index (χ0v) is 11.2. The molecule has 0 fully saturated rings. The van der Waals surface area contributed by atoms with Crippen molar-refractivity contribution in [3.8, 4) is 0 Å². The number of amides is 1. The summed E-state index contributed by atoms with van der Waals surface area (Å²) in [4.78, 5) is 16.3. The zero-order chi connectivity index (χ0) is 12.4. The molecule has 0 unspecified atom stereocenters. The number of rotatable bonds is 2. The van der Waals surface area contributed by atoms with E-state index in [1.54, 1.807) is 11.3 Å². The predicted octanol–water partition coefficient (Wildman–Crippen LogP) is 2.64. The first-order valence-electron chi connectivity index (χ1n) is 5.81. The molecule has 1 aromatic heterocycles. The molecular formula is C13H16N2OS. The number of aromatic nitrogens is 1. The summed E-state index contributed by atoms with van der Waals surface area (Å²) < 4.78 is 3.17. The molecular weight excluding hydrogens is 232 g/mol. The first-order valence-corrected chi connectivity index (χ1v) is 6.63. The van der Waals surface area contributed by atoms with Crippen LogP contribution in [0.15, 0.2) is 23.2 Å². The quantitative estimate of drug-likeness (QED) is 0.804. The third-order valence-corrected chi connectivity index (χ3v) is 3.90. The van der Waals surface area contributed by atoms with Crippen molar-refractivity contribution in [1.82, 2.24) is 4.57 Å². The maximum Gasteiger partial charge on any atom is 0.248 e. The highest BCUT2D eigenvalue weighted by Gasteiger charge is 2.04. The van der Waals surface area contributed by atoms with Crippen LogP contribution in [0.1, 0.15) is 25.8 Å². The van der Waals surface area contributed by atoms with E-state index in [0.717, 1.165) is 16.7 Å². The van der Waals surface area contributed by atoms with E-state index >= 15 is 0 Å². The number of hydrogen-bond donors (Lipinski definition) is 0. The smallest absolute Gasteiger partial charge is 0.248 e. The minimum Gasteiger partial charge on any atom is -0.319 e. The van der Waals surface area contributed by atoms with Gasteiger partial charge >= 0.3 is 0 Å². The van der Waals surface area contributed by atoms with Gasteiger partial charge in [0.1, 0.15) is 0 Å². The Labute approximate surface area is 104 Å². The molecule has 1 amide bonds. The van der Waals surface area contributed by atoms with E-state index < -0.39 is 0 Å². The standard InChI is InChI=1S/C13H16N2OS/c1-4-9-6-7-10-11(8-9)17-13(15(10)3)14-12(16)5-2/h6-8H,4-5H2,1-3H3. The molecule has 0 aliphatic heterocycles. The summed E-state index contributed by atoms with van der Waals surface area (Å²) in [5.41, 5.74) is 2.45. The molecule has 0 bridgehead atoms. The topological polar surface area (TPSA) is 34.4 Å². The summed E-state index contributed by atoms with van der Waals surface area (Å²) in [7, 11) is 1.95. The van der Waals surface area contributed by atoms with Gasteiger partial charge in [-0.2, -0.15) is 4.99 Å². The van der Waals surface area contributed by atoms with Crippen LogP contribution in [0.25, 0.3) is 10.2 Å². The number of hydrogen-bond acceptors (Lipinski definition) is 2. The minimum atomic E-state index is -0.0668. The van der Waals surface area contributed by atoms with Crippen molar-refractivity contribution in [3.05, 3.63) is 28.6 Å². The number of carbonyl (C=O) groups excluding carboxylic acids is 1. The molecule has 0 N–H and O–H groups in total. The Morgan fingerprint density at radius 3 is 2.82 bits per heavy atom. The van der Waals surface area contributed by atoms with Crippen LogP contribution in [0.3, 0.4) is 0 Å². The Hall–Kier alpha value is -1.42. The maximum atomic E-state index is 11.4. The molecule has 0 aliphatic carbocycles. The van der Waals surface area contributed by atoms with Gasteiger partial charge in [0.05, 0.1) is 10.2 Å². The Morgan fingerprint density at radius 1 is 1.41 bits per heavy atom. The van der Waals surface area contributed by atoms with Gasteiger partial charge in [-0.1, -0.05) is 31.3 Å². The second kappa shape index (κ2) is 4.84. The first-order chi connectivity index (χ1) is 8.15. The van der Waals surface area contributed by atoms with Gasteiger partial charge in [-0.05, 0) is 24.1 Å². The Morgan fingerprint density at radius 2 is 2.18 bits per heavy atom. The maximum absolute atomic E-state index is 11.4. The molecule has 3 nitrogen and oxygen atoms in total. The number of fused-ring (bicyclic) bond motifs is 1. The number of aryl methyl sites for hydroxylation is 2. The lowest BCUT2D eigenvalue weighted by Gasteiger charge is -1.97. The summed E-state index contributed by atoms with van der Waals surface area (Å²) in [5.74, 6) is -0.0668. The van der Waals surface area contributed by atoms with Gasteiger partial charge in [0.2, 0.25) is 5.91 Å². The normalized spacial score (nSPS) is 12.3. The summed E-state index contributed by atoms with van der Waals surface area (Å²) >= 11 is 1.57. The molecule has 1 aromatic carbocycles. The van der Waals surface area contributed by atoms with Crippen LogP contribution in [0.5, 0.6) is 0 Å². The predicted molar refractivity (Wildman–Crippen MR) is 71.0 cm³/mol. The van der Waals surface area contributed by atoms with Gasteiger partial charge in [0.25, 0.3) is 0 Å². The van der Waals surface area contributed by atoms with Gasteiger partial charge in [-0.25, -0.2) is 0 Å². The average Bonchev–Trinajstić information content (AvgIpc) is 2.65. The van der Waals surface area contributed by atoms with Crippen LogP contribution >= 0.6 is 11.3 Å². The number of thiazole rings is 1. The molecule has 0 saturated carbocycles. The molecule has 17 heavy (non-hydrogen) atoms. The molecule has 90 valence electrons. The summed E-state index contributed by atoms with van der Waals surface area (Å²) in [6.45, 7) is 3.97. The van der Waals surface area contributed by atoms with E-state index in [4.69, 9.17) is 0 Å². The van der Waals surface area contributed by atoms with Crippen LogP contribution in [0, 0.1) is 0 Å². The summed E-state index contributed by atoms with van der Waals surface area (Å²) in [5, 5.41) is 0. The van der Waals surface area contributed by atoms with Crippen molar-refractivity contribution in [2.24, 2.45) is 12.0 Å². The zero-order valence-electron chi connectivity index (χ0n) is 10.4. The molecule has 0 saturated heterocycles. The molecule has 2 rings (SSSR count). The lowest BCUT2D eigenvalue weighted by molar-refractivity contribution is -0.117. The van der Waals surface area contributed by atoms with E-state index in [1.165, 1.54) is 10.3 Å². The lowest BCUT2D eigenvalue weighted by atomic mass is 10.2. The summed E-state index contributed by atoms with van der Waals surface area (Å²) in [6, 6.07) is 6.40. The molecule has 0 aliphatic rings. The largest absolute Gasteiger partial charge is 0.319 e. The number of nitrogens with zero attached hydrogens (tertiary/aromatic N) is 2. The average molecular weight is 248 g/mol. The van der Waals surface area contributed by atoms with Gasteiger partial charge in [-0.3, -0.25) is 4.79 Å². The third kappa shape index (κ3) is 2.31. The van der Waals surface area contributed by atoms with Gasteiger partial charge < -0.3 is 4.57 Å². The van der Waals surface area contributed by atoms with Crippen LogP contribution in [0.2, 0.25) is 0 Å². The fourth-order valence-electron chi connectivity index (χ4n) is 1.69. The van der Waals surface area contributed by atoms with Gasteiger partial charge in [-0.15, -0.1) is 0 Å². The second-order valence-corrected chi connectivity index (χ2v) is 4.97. The van der Waals surface area contributed by atoms with Crippen molar-refractivity contribution in [3.63, 3.8) is 0 Å². The van der Waals surface area contributed by atoms with Crippen molar-refractivity contribution in [2.75, 3.05) is 0 Å². The Bertz CT molecular complexity index is 622. The second-order valence-electron chi connectivity index (χ2n) is 3.96. The van der Waals surface area contributed by atoms with Crippen molar-refractivity contribution in [1.29, 1.82) is 0 Å².